The van der Waals surface area contributed by atoms with Crippen LogP contribution in [0.25, 0.3) is 0 Å². The summed E-state index contributed by atoms with van der Waals surface area (Å²) >= 11 is 6.21. The zero-order valence-electron chi connectivity index (χ0n) is 6.91. The SMILES string of the molecule is Cc1ccccc1SC(N)=S.[Zn+2]. The van der Waals surface area contributed by atoms with E-state index in [0.29, 0.717) is 4.32 Å². The van der Waals surface area contributed by atoms with E-state index in [-0.39, 0.29) is 19.5 Å². The molecular weight excluding hydrogens is 240 g/mol. The molecule has 0 atom stereocenters. The van der Waals surface area contributed by atoms with Gasteiger partial charge in [0.1, 0.15) is 4.32 Å². The van der Waals surface area contributed by atoms with Crippen LogP contribution in [-0.4, -0.2) is 4.32 Å². The first-order valence-corrected chi connectivity index (χ1v) is 4.45. The van der Waals surface area contributed by atoms with Crippen molar-refractivity contribution in [1.82, 2.24) is 0 Å². The van der Waals surface area contributed by atoms with Gasteiger partial charge in [0.25, 0.3) is 0 Å². The molecule has 0 aliphatic carbocycles. The second-order valence-electron chi connectivity index (χ2n) is 2.19. The molecule has 0 heterocycles. The number of hydrogen-bond acceptors (Lipinski definition) is 2. The summed E-state index contributed by atoms with van der Waals surface area (Å²) in [6.45, 7) is 2.04. The Morgan fingerprint density at radius 2 is 2.00 bits per heavy atom. The second kappa shape index (κ2) is 5.68. The van der Waals surface area contributed by atoms with E-state index < -0.39 is 0 Å². The summed E-state index contributed by atoms with van der Waals surface area (Å²) in [6.07, 6.45) is 0. The molecule has 0 spiro atoms. The third kappa shape index (κ3) is 3.66. The predicted molar refractivity (Wildman–Crippen MR) is 53.8 cm³/mol. The summed E-state index contributed by atoms with van der Waals surface area (Å²) in [4.78, 5) is 1.14. The number of thioether (sulfide) groups is 1. The molecule has 12 heavy (non-hydrogen) atoms. The van der Waals surface area contributed by atoms with Crippen LogP contribution in [0.5, 0.6) is 0 Å². The Labute approximate surface area is 94.9 Å². The Hall–Kier alpha value is 0.0834. The molecular formula is C8H9NS2Zn+2. The maximum Gasteiger partial charge on any atom is 2.00 e. The largest absolute Gasteiger partial charge is 2.00 e. The van der Waals surface area contributed by atoms with E-state index in [4.69, 9.17) is 18.0 Å². The van der Waals surface area contributed by atoms with Gasteiger partial charge < -0.3 is 5.73 Å². The van der Waals surface area contributed by atoms with Crippen LogP contribution in [0.2, 0.25) is 0 Å². The molecule has 1 rings (SSSR count). The Bertz CT molecular complexity index is 276. The minimum Gasteiger partial charge on any atom is -0.384 e. The van der Waals surface area contributed by atoms with Gasteiger partial charge in [0, 0.05) is 4.90 Å². The Balaban J connectivity index is 0.00000121. The Morgan fingerprint density at radius 3 is 2.50 bits per heavy atom. The van der Waals surface area contributed by atoms with Crippen molar-refractivity contribution in [3.8, 4) is 0 Å². The maximum absolute atomic E-state index is 5.39. The quantitative estimate of drug-likeness (QED) is 0.469. The summed E-state index contributed by atoms with van der Waals surface area (Å²) in [6, 6.07) is 8.03. The number of aryl methyl sites for hydroxylation is 1. The summed E-state index contributed by atoms with van der Waals surface area (Å²) in [5.41, 5.74) is 6.60. The molecule has 0 saturated heterocycles. The average molecular weight is 249 g/mol. The molecule has 0 aliphatic heterocycles. The van der Waals surface area contributed by atoms with Crippen molar-refractivity contribution in [2.75, 3.05) is 0 Å². The van der Waals surface area contributed by atoms with Crippen LogP contribution >= 0.6 is 24.0 Å². The summed E-state index contributed by atoms with van der Waals surface area (Å²) in [5, 5.41) is 0. The number of rotatable bonds is 1. The first-order valence-electron chi connectivity index (χ1n) is 3.23. The molecule has 0 aromatic heterocycles. The van der Waals surface area contributed by atoms with Gasteiger partial charge in [-0.2, -0.15) is 0 Å². The van der Waals surface area contributed by atoms with Crippen molar-refractivity contribution in [2.24, 2.45) is 5.73 Å². The number of benzene rings is 1. The van der Waals surface area contributed by atoms with E-state index in [2.05, 4.69) is 0 Å². The molecule has 2 N–H and O–H groups in total. The fraction of sp³-hybridized carbons (Fsp3) is 0.125. The molecule has 1 aromatic carbocycles. The minimum absolute atomic E-state index is 0. The molecule has 1 nitrogen and oxygen atoms in total. The van der Waals surface area contributed by atoms with Gasteiger partial charge in [-0.05, 0) is 18.6 Å². The molecule has 4 heteroatoms. The van der Waals surface area contributed by atoms with E-state index in [9.17, 15) is 0 Å². The normalized spacial score (nSPS) is 8.75. The summed E-state index contributed by atoms with van der Waals surface area (Å²) < 4.78 is 0.472. The van der Waals surface area contributed by atoms with Crippen molar-refractivity contribution in [2.45, 2.75) is 11.8 Å². The average Bonchev–Trinajstić information content (AvgIpc) is 1.93. The van der Waals surface area contributed by atoms with E-state index in [1.165, 1.54) is 17.3 Å². The van der Waals surface area contributed by atoms with Gasteiger partial charge in [0.05, 0.1) is 0 Å². The molecule has 0 amide bonds. The fourth-order valence-corrected chi connectivity index (χ4v) is 1.64. The summed E-state index contributed by atoms with van der Waals surface area (Å²) in [7, 11) is 0. The molecule has 1 aromatic rings. The van der Waals surface area contributed by atoms with Gasteiger partial charge in [-0.1, -0.05) is 42.2 Å². The van der Waals surface area contributed by atoms with Crippen LogP contribution in [0.15, 0.2) is 29.2 Å². The first-order chi connectivity index (χ1) is 5.20. The predicted octanol–water partition coefficient (Wildman–Crippen LogP) is 2.33. The van der Waals surface area contributed by atoms with Crippen LogP contribution in [0.1, 0.15) is 5.56 Å². The van der Waals surface area contributed by atoms with Gasteiger partial charge in [-0.25, -0.2) is 0 Å². The van der Waals surface area contributed by atoms with Crippen LogP contribution in [0.3, 0.4) is 0 Å². The molecule has 0 fully saturated rings. The molecule has 0 aliphatic rings. The number of nitrogens with two attached hydrogens (primary N) is 1. The third-order valence-electron chi connectivity index (χ3n) is 1.30. The zero-order chi connectivity index (χ0) is 8.27. The van der Waals surface area contributed by atoms with E-state index in [0.717, 1.165) is 4.90 Å². The molecule has 58 valence electrons. The van der Waals surface area contributed by atoms with Crippen LogP contribution in [0.4, 0.5) is 0 Å². The van der Waals surface area contributed by atoms with E-state index >= 15 is 0 Å². The minimum atomic E-state index is 0. The van der Waals surface area contributed by atoms with Gasteiger partial charge in [0.15, 0.2) is 0 Å². The smallest absolute Gasteiger partial charge is 0.384 e. The van der Waals surface area contributed by atoms with Gasteiger partial charge >= 0.3 is 19.5 Å². The monoisotopic (exact) mass is 247 g/mol. The van der Waals surface area contributed by atoms with Gasteiger partial charge in [-0.3, -0.25) is 0 Å². The van der Waals surface area contributed by atoms with Crippen molar-refractivity contribution in [3.63, 3.8) is 0 Å². The van der Waals surface area contributed by atoms with E-state index in [1.54, 1.807) is 0 Å². The van der Waals surface area contributed by atoms with Gasteiger partial charge in [-0.15, -0.1) is 0 Å². The Morgan fingerprint density at radius 1 is 1.42 bits per heavy atom. The summed E-state index contributed by atoms with van der Waals surface area (Å²) in [5.74, 6) is 0. The van der Waals surface area contributed by atoms with Crippen LogP contribution in [-0.2, 0) is 19.5 Å². The third-order valence-corrected chi connectivity index (χ3v) is 2.43. The van der Waals surface area contributed by atoms with E-state index in [1.807, 2.05) is 31.2 Å². The zero-order valence-corrected chi connectivity index (χ0v) is 11.5. The van der Waals surface area contributed by atoms with Crippen molar-refractivity contribution in [1.29, 1.82) is 0 Å². The van der Waals surface area contributed by atoms with Crippen LogP contribution < -0.4 is 5.73 Å². The van der Waals surface area contributed by atoms with Crippen LogP contribution in [0, 0.1) is 6.92 Å². The molecule has 0 bridgehead atoms. The second-order valence-corrected chi connectivity index (χ2v) is 3.97. The van der Waals surface area contributed by atoms with Crippen molar-refractivity contribution in [3.05, 3.63) is 29.8 Å². The van der Waals surface area contributed by atoms with Crippen molar-refractivity contribution >= 4 is 28.3 Å². The van der Waals surface area contributed by atoms with Crippen molar-refractivity contribution < 1.29 is 19.5 Å². The number of hydrogen-bond donors (Lipinski definition) is 1. The molecule has 0 saturated carbocycles. The maximum atomic E-state index is 5.39. The number of thiocarbonyl (C=S) groups is 1. The standard InChI is InChI=1S/C8H9NS2.Zn/c1-6-4-2-3-5-7(6)11-8(9)10;/h2-5H,1H3,(H2,9,10);/q;+2. The molecule has 0 unspecified atom stereocenters. The Kier molecular flexibility index (Phi) is 5.72. The first kappa shape index (κ1) is 12.1. The topological polar surface area (TPSA) is 26.0 Å². The molecule has 0 radical (unpaired) electrons. The van der Waals surface area contributed by atoms with Gasteiger partial charge in [0.2, 0.25) is 0 Å². The fourth-order valence-electron chi connectivity index (χ4n) is 0.779.